The molecule has 0 saturated heterocycles. The van der Waals surface area contributed by atoms with Gasteiger partial charge in [-0.25, -0.2) is 9.89 Å². The second-order valence-electron chi connectivity index (χ2n) is 4.09. The minimum absolute atomic E-state index is 0.256. The molecule has 0 bridgehead atoms. The third kappa shape index (κ3) is 1.99. The SMILES string of the molecule is Cn1c(SCC(N)(C#N)C2CC2)n[nH]c1=O. The van der Waals surface area contributed by atoms with Gasteiger partial charge in [0.15, 0.2) is 5.16 Å². The molecule has 7 heteroatoms. The van der Waals surface area contributed by atoms with Gasteiger partial charge in [0, 0.05) is 12.8 Å². The highest BCUT2D eigenvalue weighted by Gasteiger charge is 2.42. The van der Waals surface area contributed by atoms with Gasteiger partial charge in [0.2, 0.25) is 0 Å². The number of hydrogen-bond acceptors (Lipinski definition) is 5. The molecular weight excluding hydrogens is 226 g/mol. The van der Waals surface area contributed by atoms with Crippen LogP contribution in [0.3, 0.4) is 0 Å². The lowest BCUT2D eigenvalue weighted by atomic mass is 10.00. The maximum Gasteiger partial charge on any atom is 0.343 e. The van der Waals surface area contributed by atoms with Crippen LogP contribution in [-0.4, -0.2) is 26.1 Å². The molecule has 1 aliphatic carbocycles. The fourth-order valence-electron chi connectivity index (χ4n) is 1.49. The van der Waals surface area contributed by atoms with Gasteiger partial charge in [0.1, 0.15) is 5.54 Å². The fourth-order valence-corrected chi connectivity index (χ4v) is 2.54. The summed E-state index contributed by atoms with van der Waals surface area (Å²) in [5.41, 5.74) is 4.95. The van der Waals surface area contributed by atoms with E-state index in [1.54, 1.807) is 7.05 Å². The number of nitrogens with two attached hydrogens (primary N) is 1. The van der Waals surface area contributed by atoms with Crippen molar-refractivity contribution in [1.82, 2.24) is 14.8 Å². The van der Waals surface area contributed by atoms with Crippen molar-refractivity contribution < 1.29 is 0 Å². The number of aromatic amines is 1. The zero-order chi connectivity index (χ0) is 11.8. The zero-order valence-corrected chi connectivity index (χ0v) is 9.75. The Kier molecular flexibility index (Phi) is 2.78. The van der Waals surface area contributed by atoms with Gasteiger partial charge in [-0.2, -0.15) is 5.26 Å². The molecule has 1 aromatic heterocycles. The fraction of sp³-hybridized carbons (Fsp3) is 0.667. The highest BCUT2D eigenvalue weighted by atomic mass is 32.2. The summed E-state index contributed by atoms with van der Waals surface area (Å²) in [5.74, 6) is 0.757. The Balaban J connectivity index is 2.04. The van der Waals surface area contributed by atoms with Crippen LogP contribution >= 0.6 is 11.8 Å². The summed E-state index contributed by atoms with van der Waals surface area (Å²) in [6.45, 7) is 0. The van der Waals surface area contributed by atoms with Crippen LogP contribution < -0.4 is 11.4 Å². The van der Waals surface area contributed by atoms with Crippen LogP contribution in [0.15, 0.2) is 9.95 Å². The number of H-pyrrole nitrogens is 1. The lowest BCUT2D eigenvalue weighted by molar-refractivity contribution is 0.531. The van der Waals surface area contributed by atoms with E-state index in [4.69, 9.17) is 11.0 Å². The molecule has 1 saturated carbocycles. The molecule has 3 N–H and O–H groups in total. The molecular formula is C9H13N5OS. The Morgan fingerprint density at radius 1 is 1.81 bits per heavy atom. The Labute approximate surface area is 96.8 Å². The van der Waals surface area contributed by atoms with Crippen molar-refractivity contribution in [3.05, 3.63) is 10.5 Å². The smallest absolute Gasteiger partial charge is 0.312 e. The first-order valence-corrected chi connectivity index (χ1v) is 6.00. The van der Waals surface area contributed by atoms with Crippen molar-refractivity contribution in [3.63, 3.8) is 0 Å². The average molecular weight is 239 g/mol. The Bertz CT molecular complexity index is 483. The third-order valence-corrected chi connectivity index (χ3v) is 4.04. The van der Waals surface area contributed by atoms with E-state index >= 15 is 0 Å². The number of nitrogens with one attached hydrogen (secondary N) is 1. The van der Waals surface area contributed by atoms with Gasteiger partial charge in [-0.05, 0) is 18.8 Å². The van der Waals surface area contributed by atoms with Crippen molar-refractivity contribution in [2.24, 2.45) is 18.7 Å². The third-order valence-electron chi connectivity index (χ3n) is 2.79. The Hall–Kier alpha value is -1.26. The van der Waals surface area contributed by atoms with E-state index in [2.05, 4.69) is 16.3 Å². The summed E-state index contributed by atoms with van der Waals surface area (Å²) in [6, 6.07) is 2.17. The van der Waals surface area contributed by atoms with Gasteiger partial charge in [-0.15, -0.1) is 5.10 Å². The molecule has 1 aliphatic rings. The molecule has 86 valence electrons. The molecule has 1 aromatic rings. The minimum atomic E-state index is -0.792. The molecule has 1 unspecified atom stereocenters. The summed E-state index contributed by atoms with van der Waals surface area (Å²) in [5, 5.41) is 15.8. The molecule has 0 aliphatic heterocycles. The first-order valence-electron chi connectivity index (χ1n) is 5.01. The van der Waals surface area contributed by atoms with Gasteiger partial charge >= 0.3 is 5.69 Å². The summed E-state index contributed by atoms with van der Waals surface area (Å²) < 4.78 is 1.41. The molecule has 16 heavy (non-hydrogen) atoms. The lowest BCUT2D eigenvalue weighted by Gasteiger charge is -2.19. The summed E-state index contributed by atoms with van der Waals surface area (Å²) in [4.78, 5) is 11.1. The van der Waals surface area contributed by atoms with Gasteiger partial charge < -0.3 is 5.73 Å². The van der Waals surface area contributed by atoms with Crippen molar-refractivity contribution in [2.45, 2.75) is 23.5 Å². The van der Waals surface area contributed by atoms with E-state index in [1.165, 1.54) is 16.3 Å². The van der Waals surface area contributed by atoms with Crippen molar-refractivity contribution in [3.8, 4) is 6.07 Å². The summed E-state index contributed by atoms with van der Waals surface area (Å²) >= 11 is 1.34. The van der Waals surface area contributed by atoms with Crippen molar-refractivity contribution >= 4 is 11.8 Å². The number of aromatic nitrogens is 3. The van der Waals surface area contributed by atoms with E-state index in [0.717, 1.165) is 12.8 Å². The summed E-state index contributed by atoms with van der Waals surface area (Å²) in [6.07, 6.45) is 2.04. The van der Waals surface area contributed by atoms with E-state index < -0.39 is 5.54 Å². The van der Waals surface area contributed by atoms with Gasteiger partial charge in [-0.1, -0.05) is 11.8 Å². The predicted octanol–water partition coefficient (Wildman–Crippen LogP) is -0.168. The van der Waals surface area contributed by atoms with Crippen LogP contribution in [0.25, 0.3) is 0 Å². The standard InChI is InChI=1S/C9H13N5OS/c1-14-7(15)12-13-8(14)16-5-9(11,4-10)6-2-3-6/h6H,2-3,5,11H2,1H3,(H,12,15). The van der Waals surface area contributed by atoms with Gasteiger partial charge in [0.25, 0.3) is 0 Å². The molecule has 1 atom stereocenters. The highest BCUT2D eigenvalue weighted by Crippen LogP contribution is 2.40. The van der Waals surface area contributed by atoms with Crippen LogP contribution in [0.4, 0.5) is 0 Å². The molecule has 0 aromatic carbocycles. The molecule has 1 fully saturated rings. The summed E-state index contributed by atoms with van der Waals surface area (Å²) in [7, 11) is 1.63. The molecule has 0 spiro atoms. The molecule has 6 nitrogen and oxygen atoms in total. The number of nitriles is 1. The first kappa shape index (κ1) is 11.2. The van der Waals surface area contributed by atoms with E-state index in [-0.39, 0.29) is 5.69 Å². The second kappa shape index (κ2) is 3.96. The predicted molar refractivity (Wildman–Crippen MR) is 59.8 cm³/mol. The molecule has 0 amide bonds. The maximum atomic E-state index is 11.1. The van der Waals surface area contributed by atoms with Crippen molar-refractivity contribution in [1.29, 1.82) is 5.26 Å². The number of nitrogens with zero attached hydrogens (tertiary/aromatic N) is 3. The quantitative estimate of drug-likeness (QED) is 0.710. The van der Waals surface area contributed by atoms with Gasteiger partial charge in [-0.3, -0.25) is 4.57 Å². The van der Waals surface area contributed by atoms with Crippen LogP contribution in [0.1, 0.15) is 12.8 Å². The molecule has 2 rings (SSSR count). The van der Waals surface area contributed by atoms with Crippen LogP contribution in [0.5, 0.6) is 0 Å². The molecule has 0 radical (unpaired) electrons. The molecule has 1 heterocycles. The van der Waals surface area contributed by atoms with Crippen LogP contribution in [0, 0.1) is 17.2 Å². The van der Waals surface area contributed by atoms with Crippen LogP contribution in [-0.2, 0) is 7.05 Å². The minimum Gasteiger partial charge on any atom is -0.312 e. The van der Waals surface area contributed by atoms with Crippen LogP contribution in [0.2, 0.25) is 0 Å². The number of hydrogen-bond donors (Lipinski definition) is 2. The first-order chi connectivity index (χ1) is 7.57. The number of rotatable bonds is 4. The zero-order valence-electron chi connectivity index (χ0n) is 8.93. The Morgan fingerprint density at radius 2 is 2.50 bits per heavy atom. The van der Waals surface area contributed by atoms with E-state index in [1.807, 2.05) is 0 Å². The van der Waals surface area contributed by atoms with E-state index in [9.17, 15) is 4.79 Å². The number of thioether (sulfide) groups is 1. The monoisotopic (exact) mass is 239 g/mol. The average Bonchev–Trinajstić information content (AvgIpc) is 3.07. The second-order valence-corrected chi connectivity index (χ2v) is 5.03. The van der Waals surface area contributed by atoms with Crippen molar-refractivity contribution in [2.75, 3.05) is 5.75 Å². The Morgan fingerprint density at radius 3 is 2.94 bits per heavy atom. The van der Waals surface area contributed by atoms with E-state index in [0.29, 0.717) is 16.8 Å². The maximum absolute atomic E-state index is 11.1. The largest absolute Gasteiger partial charge is 0.343 e. The topological polar surface area (TPSA) is 100 Å². The lowest BCUT2D eigenvalue weighted by Crippen LogP contribution is -2.43. The van der Waals surface area contributed by atoms with Gasteiger partial charge in [0.05, 0.1) is 6.07 Å². The highest BCUT2D eigenvalue weighted by molar-refractivity contribution is 7.99. The normalized spacial score (nSPS) is 19.1.